The lowest BCUT2D eigenvalue weighted by molar-refractivity contribution is -0.253. The van der Waals surface area contributed by atoms with Crippen molar-refractivity contribution in [2.45, 2.75) is 70.3 Å². The first-order valence-corrected chi connectivity index (χ1v) is 20.5. The fourth-order valence-electron chi connectivity index (χ4n) is 7.75. The fraction of sp³-hybridized carbons (Fsp3) is 0.333. The summed E-state index contributed by atoms with van der Waals surface area (Å²) in [5.74, 6) is -0.161. The number of piperazine rings is 1. The standard InChI is InChI=1S/C48H55N5O5/c49-43-14-6-7-15-44(43)51-47(56)17-9-8-16-46(55)50-31-40-12-4-5-13-42(40)37-22-24-39(25-23-37)48-57-41(30-45(58-48)38-20-18-36(34-54)19-21-38)33-53-28-26-52(27-29-53)32-35-10-2-1-3-11-35/h1-7,10-15,18-25,41,45,48,54H,8-9,16-17,26-34,49H2,(H,50,55)(H,51,56). The van der Waals surface area contributed by atoms with Gasteiger partial charge in [0.15, 0.2) is 6.29 Å². The van der Waals surface area contributed by atoms with Gasteiger partial charge in [-0.2, -0.15) is 0 Å². The second kappa shape index (κ2) is 20.4. The molecule has 0 saturated carbocycles. The SMILES string of the molecule is Nc1ccccc1NC(=O)CCCCC(=O)NCc1ccccc1-c1ccc(C2OC(CN3CCN(Cc4ccccc4)CC3)CC(c3ccc(CO)cc3)O2)cc1. The van der Waals surface area contributed by atoms with E-state index in [-0.39, 0.29) is 30.6 Å². The van der Waals surface area contributed by atoms with Gasteiger partial charge in [0.25, 0.3) is 0 Å². The highest BCUT2D eigenvalue weighted by Crippen LogP contribution is 2.39. The number of hydrogen-bond donors (Lipinski definition) is 4. The fourth-order valence-corrected chi connectivity index (χ4v) is 7.75. The van der Waals surface area contributed by atoms with Crippen LogP contribution in [0.5, 0.6) is 0 Å². The molecule has 2 fully saturated rings. The third-order valence-corrected chi connectivity index (χ3v) is 11.1. The van der Waals surface area contributed by atoms with Crippen molar-refractivity contribution in [3.63, 3.8) is 0 Å². The first-order chi connectivity index (χ1) is 28.4. The van der Waals surface area contributed by atoms with E-state index >= 15 is 0 Å². The summed E-state index contributed by atoms with van der Waals surface area (Å²) in [6.07, 6.45) is 1.93. The summed E-state index contributed by atoms with van der Waals surface area (Å²) in [7, 11) is 0. The number of hydrogen-bond acceptors (Lipinski definition) is 8. The molecule has 5 N–H and O–H groups in total. The number of para-hydroxylation sites is 2. The van der Waals surface area contributed by atoms with E-state index in [4.69, 9.17) is 15.2 Å². The van der Waals surface area contributed by atoms with Gasteiger partial charge >= 0.3 is 0 Å². The predicted molar refractivity (Wildman–Crippen MR) is 228 cm³/mol. The summed E-state index contributed by atoms with van der Waals surface area (Å²) in [4.78, 5) is 30.2. The van der Waals surface area contributed by atoms with Crippen LogP contribution < -0.4 is 16.4 Å². The molecule has 0 bridgehead atoms. The number of carbonyl (C=O) groups excluding carboxylic acids is 2. The van der Waals surface area contributed by atoms with E-state index in [0.717, 1.165) is 79.1 Å². The predicted octanol–water partition coefficient (Wildman–Crippen LogP) is 7.61. The number of anilines is 2. The number of aliphatic hydroxyl groups is 1. The molecule has 10 nitrogen and oxygen atoms in total. The number of unbranched alkanes of at least 4 members (excludes halogenated alkanes) is 1. The zero-order valence-corrected chi connectivity index (χ0v) is 33.1. The van der Waals surface area contributed by atoms with Crippen LogP contribution in [0, 0.1) is 0 Å². The summed E-state index contributed by atoms with van der Waals surface area (Å²) < 4.78 is 13.4. The molecule has 302 valence electrons. The van der Waals surface area contributed by atoms with Gasteiger partial charge in [-0.05, 0) is 58.4 Å². The van der Waals surface area contributed by atoms with Crippen LogP contribution in [0.4, 0.5) is 11.4 Å². The van der Waals surface area contributed by atoms with Crippen LogP contribution in [0.15, 0.2) is 127 Å². The smallest absolute Gasteiger partial charge is 0.224 e. The van der Waals surface area contributed by atoms with Crippen molar-refractivity contribution < 1.29 is 24.2 Å². The minimum Gasteiger partial charge on any atom is -0.397 e. The van der Waals surface area contributed by atoms with E-state index in [0.29, 0.717) is 43.6 Å². The Balaban J connectivity index is 0.940. The minimum absolute atomic E-state index is 0.00620. The van der Waals surface area contributed by atoms with Crippen molar-refractivity contribution in [3.05, 3.63) is 155 Å². The number of ether oxygens (including phenoxy) is 2. The molecule has 7 rings (SSSR count). The first kappa shape index (κ1) is 40.8. The van der Waals surface area contributed by atoms with Crippen molar-refractivity contribution in [2.75, 3.05) is 43.8 Å². The maximum Gasteiger partial charge on any atom is 0.224 e. The molecule has 2 aliphatic rings. The number of rotatable bonds is 16. The Bertz CT molecular complexity index is 2070. The minimum atomic E-state index is -0.535. The van der Waals surface area contributed by atoms with Gasteiger partial charge in [0.2, 0.25) is 11.8 Å². The van der Waals surface area contributed by atoms with Crippen molar-refractivity contribution >= 4 is 23.2 Å². The van der Waals surface area contributed by atoms with E-state index in [1.807, 2.05) is 42.5 Å². The van der Waals surface area contributed by atoms with E-state index < -0.39 is 6.29 Å². The number of amides is 2. The molecule has 58 heavy (non-hydrogen) atoms. The Labute approximate surface area is 342 Å². The van der Waals surface area contributed by atoms with Gasteiger partial charge in [-0.1, -0.05) is 115 Å². The highest BCUT2D eigenvalue weighted by Gasteiger charge is 2.34. The van der Waals surface area contributed by atoms with Crippen molar-refractivity contribution in [3.8, 4) is 11.1 Å². The molecule has 3 atom stereocenters. The molecule has 3 unspecified atom stereocenters. The number of nitrogens with one attached hydrogen (secondary N) is 2. The number of nitrogens with two attached hydrogens (primary N) is 1. The lowest BCUT2D eigenvalue weighted by Crippen LogP contribution is -2.49. The molecule has 10 heteroatoms. The molecular weight excluding hydrogens is 727 g/mol. The molecule has 2 aliphatic heterocycles. The molecule has 5 aromatic carbocycles. The molecule has 0 radical (unpaired) electrons. The summed E-state index contributed by atoms with van der Waals surface area (Å²) in [6, 6.07) is 42.3. The topological polar surface area (TPSA) is 129 Å². The number of benzene rings is 5. The molecule has 0 spiro atoms. The maximum absolute atomic E-state index is 12.8. The monoisotopic (exact) mass is 781 g/mol. The molecule has 0 aromatic heterocycles. The average Bonchev–Trinajstić information content (AvgIpc) is 3.26. The van der Waals surface area contributed by atoms with Gasteiger partial charge in [-0.3, -0.25) is 19.4 Å². The molecule has 2 heterocycles. The van der Waals surface area contributed by atoms with Crippen molar-refractivity contribution in [1.82, 2.24) is 15.1 Å². The van der Waals surface area contributed by atoms with E-state index in [1.165, 1.54) is 5.56 Å². The molecule has 2 amide bonds. The average molecular weight is 782 g/mol. The molecular formula is C48H55N5O5. The summed E-state index contributed by atoms with van der Waals surface area (Å²) >= 11 is 0. The van der Waals surface area contributed by atoms with Gasteiger partial charge in [0.05, 0.1) is 30.2 Å². The Morgan fingerprint density at radius 1 is 0.690 bits per heavy atom. The van der Waals surface area contributed by atoms with Crippen LogP contribution >= 0.6 is 0 Å². The zero-order chi connectivity index (χ0) is 40.1. The van der Waals surface area contributed by atoms with Crippen LogP contribution in [0.1, 0.15) is 72.3 Å². The van der Waals surface area contributed by atoms with Crippen LogP contribution in [-0.4, -0.2) is 65.5 Å². The first-order valence-electron chi connectivity index (χ1n) is 20.5. The number of nitrogens with zero attached hydrogens (tertiary/aromatic N) is 2. The van der Waals surface area contributed by atoms with E-state index in [2.05, 4.69) is 93.2 Å². The Morgan fingerprint density at radius 2 is 1.34 bits per heavy atom. The zero-order valence-electron chi connectivity index (χ0n) is 33.1. The van der Waals surface area contributed by atoms with Crippen LogP contribution in [-0.2, 0) is 38.8 Å². The third-order valence-electron chi connectivity index (χ3n) is 11.1. The lowest BCUT2D eigenvalue weighted by Gasteiger charge is -2.40. The van der Waals surface area contributed by atoms with Gasteiger partial charge in [0, 0.05) is 70.6 Å². The second-order valence-corrected chi connectivity index (χ2v) is 15.3. The van der Waals surface area contributed by atoms with Crippen LogP contribution in [0.2, 0.25) is 0 Å². The van der Waals surface area contributed by atoms with E-state index in [1.54, 1.807) is 12.1 Å². The maximum atomic E-state index is 12.8. The lowest BCUT2D eigenvalue weighted by atomic mass is 9.97. The molecule has 2 saturated heterocycles. The van der Waals surface area contributed by atoms with Crippen molar-refractivity contribution in [1.29, 1.82) is 0 Å². The molecule has 5 aromatic rings. The Morgan fingerprint density at radius 3 is 2.09 bits per heavy atom. The highest BCUT2D eigenvalue weighted by molar-refractivity contribution is 5.93. The summed E-state index contributed by atoms with van der Waals surface area (Å²) in [5, 5.41) is 15.5. The second-order valence-electron chi connectivity index (χ2n) is 15.3. The summed E-state index contributed by atoms with van der Waals surface area (Å²) in [6.45, 7) is 6.24. The largest absolute Gasteiger partial charge is 0.397 e. The van der Waals surface area contributed by atoms with Crippen molar-refractivity contribution in [2.24, 2.45) is 0 Å². The molecule has 0 aliphatic carbocycles. The Hall–Kier alpha value is -5.36. The Kier molecular flexibility index (Phi) is 14.3. The normalized spacial score (nSPS) is 18.7. The number of nitrogen functional groups attached to an aromatic ring is 1. The van der Waals surface area contributed by atoms with Gasteiger partial charge in [-0.25, -0.2) is 0 Å². The number of aliphatic hydroxyl groups excluding tert-OH is 1. The van der Waals surface area contributed by atoms with Crippen LogP contribution in [0.25, 0.3) is 11.1 Å². The van der Waals surface area contributed by atoms with Crippen LogP contribution in [0.3, 0.4) is 0 Å². The van der Waals surface area contributed by atoms with Gasteiger partial charge < -0.3 is 30.9 Å². The summed E-state index contributed by atoms with van der Waals surface area (Å²) in [5.41, 5.74) is 14.4. The third kappa shape index (κ3) is 11.4. The van der Waals surface area contributed by atoms with E-state index in [9.17, 15) is 14.7 Å². The van der Waals surface area contributed by atoms with Gasteiger partial charge in [0.1, 0.15) is 0 Å². The van der Waals surface area contributed by atoms with Gasteiger partial charge in [-0.15, -0.1) is 0 Å². The number of carbonyl (C=O) groups is 2. The highest BCUT2D eigenvalue weighted by atomic mass is 16.7. The quantitative estimate of drug-likeness (QED) is 0.0595.